The fraction of sp³-hybridized carbons (Fsp3) is 0.319. The van der Waals surface area contributed by atoms with Crippen LogP contribution in [0.4, 0.5) is 24.7 Å². The fourth-order valence-corrected chi connectivity index (χ4v) is 14.5. The highest BCUT2D eigenvalue weighted by molar-refractivity contribution is 6.90. The second kappa shape index (κ2) is 15.9. The Morgan fingerprint density at radius 2 is 1.55 bits per heavy atom. The van der Waals surface area contributed by atoms with E-state index in [4.69, 9.17) is 26.3 Å². The van der Waals surface area contributed by atoms with Gasteiger partial charge in [-0.15, -0.1) is 5.54 Å². The van der Waals surface area contributed by atoms with Crippen LogP contribution < -0.4 is 4.90 Å². The summed E-state index contributed by atoms with van der Waals surface area (Å²) in [6.45, 7) is 14.3. The first-order valence-electron chi connectivity index (χ1n) is 19.9. The minimum atomic E-state index is -2.24. The molecule has 6 aromatic rings. The number of halogens is 4. The molecule has 3 atom stereocenters. The maximum atomic E-state index is 17.4. The Balaban J connectivity index is 1.41. The zero-order chi connectivity index (χ0) is 40.9. The van der Waals surface area contributed by atoms with Crippen molar-refractivity contribution in [3.63, 3.8) is 0 Å². The molecule has 0 bridgehead atoms. The van der Waals surface area contributed by atoms with Gasteiger partial charge in [0.2, 0.25) is 0 Å². The molecule has 0 radical (unpaired) electrons. The summed E-state index contributed by atoms with van der Waals surface area (Å²) < 4.78 is 53.3. The van der Waals surface area contributed by atoms with Crippen LogP contribution in [0.2, 0.25) is 21.6 Å². The highest BCUT2D eigenvalue weighted by Crippen LogP contribution is 2.46. The number of hydrogen-bond donors (Lipinski definition) is 0. The molecule has 11 heteroatoms. The summed E-state index contributed by atoms with van der Waals surface area (Å²) in [5, 5.41) is 1.93. The normalized spacial score (nSPS) is 18.0. The Labute approximate surface area is 343 Å². The number of fused-ring (bicyclic) bond motifs is 3. The molecule has 1 saturated carbocycles. The standard InChI is InChI=1S/C47H45ClF3N5OSi/c1-27(2)58(28(3)4,29(5)6)22-19-34-38(48)18-17-32-23-33(53-42(30-13-9-7-10-14-30)31-15-11-8-12-16-31)24-35(39(32)34)43-41(50)44-36(25-52-43)46(55-47(51)54-44)56-20-21-57-26-37-40(49)45(37)56/h7-18,23-25,27-29,37,40,45H,20-21,26H2,1-6H3/t37-,40-,45-/m0/s1. The molecule has 4 aromatic carbocycles. The van der Waals surface area contributed by atoms with Crippen molar-refractivity contribution in [2.45, 2.75) is 70.4 Å². The van der Waals surface area contributed by atoms with E-state index < -0.39 is 32.2 Å². The summed E-state index contributed by atoms with van der Waals surface area (Å²) in [6.07, 6.45) is -0.837. The number of rotatable bonds is 8. The topological polar surface area (TPSA) is 63.5 Å². The lowest BCUT2D eigenvalue weighted by molar-refractivity contribution is 0.130. The number of hydrogen-bond acceptors (Lipinski definition) is 6. The summed E-state index contributed by atoms with van der Waals surface area (Å²) in [5.74, 6) is 2.43. The number of nitrogens with zero attached hydrogens (tertiary/aromatic N) is 5. The third kappa shape index (κ3) is 7.07. The highest BCUT2D eigenvalue weighted by atomic mass is 35.5. The molecule has 58 heavy (non-hydrogen) atoms. The van der Waals surface area contributed by atoms with Crippen molar-refractivity contribution in [2.75, 3.05) is 24.7 Å². The predicted octanol–water partition coefficient (Wildman–Crippen LogP) is 11.7. The van der Waals surface area contributed by atoms with Gasteiger partial charge in [-0.25, -0.2) is 13.8 Å². The minimum absolute atomic E-state index is 0.0724. The summed E-state index contributed by atoms with van der Waals surface area (Å²) in [7, 11) is -2.24. The molecule has 1 aliphatic heterocycles. The van der Waals surface area contributed by atoms with E-state index in [1.165, 1.54) is 6.20 Å². The van der Waals surface area contributed by atoms with Gasteiger partial charge in [-0.05, 0) is 40.2 Å². The monoisotopic (exact) mass is 815 g/mol. The highest BCUT2D eigenvalue weighted by Gasteiger charge is 2.56. The molecule has 2 aliphatic rings. The van der Waals surface area contributed by atoms with Gasteiger partial charge >= 0.3 is 6.08 Å². The molecule has 0 spiro atoms. The molecule has 3 heterocycles. The van der Waals surface area contributed by atoms with E-state index >= 15 is 8.78 Å². The van der Waals surface area contributed by atoms with E-state index in [0.29, 0.717) is 50.5 Å². The third-order valence-corrected chi connectivity index (χ3v) is 18.6. The van der Waals surface area contributed by atoms with Gasteiger partial charge in [0.15, 0.2) is 5.82 Å². The molecule has 1 aliphatic carbocycles. The first kappa shape index (κ1) is 39.7. The van der Waals surface area contributed by atoms with Crippen LogP contribution in [-0.2, 0) is 4.74 Å². The van der Waals surface area contributed by atoms with Crippen molar-refractivity contribution in [1.29, 1.82) is 0 Å². The average molecular weight is 816 g/mol. The van der Waals surface area contributed by atoms with Crippen LogP contribution in [-0.4, -0.2) is 60.7 Å². The molecule has 2 fully saturated rings. The van der Waals surface area contributed by atoms with Crippen LogP contribution in [0, 0.1) is 29.3 Å². The van der Waals surface area contributed by atoms with Crippen LogP contribution in [0.1, 0.15) is 58.2 Å². The van der Waals surface area contributed by atoms with Gasteiger partial charge in [-0.3, -0.25) is 4.98 Å². The van der Waals surface area contributed by atoms with Crippen molar-refractivity contribution >= 4 is 58.6 Å². The molecule has 8 rings (SSSR count). The van der Waals surface area contributed by atoms with E-state index in [-0.39, 0.29) is 41.5 Å². The number of aromatic nitrogens is 3. The SMILES string of the molecule is CC(C)[Si](C#Cc1c(Cl)ccc2cc(N=C(c3ccccc3)c3ccccc3)cc(-c3ncc4c(N5CCOC[C@H]6[C@H](F)[C@H]65)nc(F)nc4c3F)c12)(C(C)C)C(C)C. The molecule has 296 valence electrons. The summed E-state index contributed by atoms with van der Waals surface area (Å²) in [6, 6.07) is 26.6. The van der Waals surface area contributed by atoms with Gasteiger partial charge < -0.3 is 9.64 Å². The Hall–Kier alpha value is -5.08. The lowest BCUT2D eigenvalue weighted by Gasteiger charge is -2.38. The molecule has 0 N–H and O–H groups in total. The molecule has 2 aromatic heterocycles. The van der Waals surface area contributed by atoms with Gasteiger partial charge in [0.05, 0.1) is 46.6 Å². The van der Waals surface area contributed by atoms with Crippen molar-refractivity contribution < 1.29 is 17.9 Å². The van der Waals surface area contributed by atoms with Crippen LogP contribution in [0.15, 0.2) is 96.1 Å². The molecule has 0 unspecified atom stereocenters. The zero-order valence-corrected chi connectivity index (χ0v) is 35.2. The lowest BCUT2D eigenvalue weighted by atomic mass is 9.95. The summed E-state index contributed by atoms with van der Waals surface area (Å²) >= 11 is 7.07. The number of anilines is 1. The van der Waals surface area contributed by atoms with Gasteiger partial charge in [0, 0.05) is 40.7 Å². The van der Waals surface area contributed by atoms with Crippen LogP contribution in [0.3, 0.4) is 0 Å². The van der Waals surface area contributed by atoms with Crippen molar-refractivity contribution in [3.05, 3.63) is 125 Å². The van der Waals surface area contributed by atoms with E-state index in [9.17, 15) is 4.39 Å². The van der Waals surface area contributed by atoms with Gasteiger partial charge in [0.1, 0.15) is 31.3 Å². The van der Waals surface area contributed by atoms with E-state index in [1.807, 2.05) is 78.9 Å². The minimum Gasteiger partial charge on any atom is -0.379 e. The van der Waals surface area contributed by atoms with Crippen LogP contribution in [0.25, 0.3) is 32.9 Å². The fourth-order valence-electron chi connectivity index (χ4n) is 9.13. The number of pyridine rings is 1. The van der Waals surface area contributed by atoms with E-state index in [0.717, 1.165) is 22.2 Å². The number of aliphatic imine (C=N–C) groups is 1. The summed E-state index contributed by atoms with van der Waals surface area (Å²) in [5.41, 5.74) is 8.56. The molecule has 1 saturated heterocycles. The number of alkyl halides is 1. The van der Waals surface area contributed by atoms with Gasteiger partial charge in [-0.2, -0.15) is 14.4 Å². The zero-order valence-electron chi connectivity index (χ0n) is 33.4. The Kier molecular flexibility index (Phi) is 10.9. The Bertz CT molecular complexity index is 2550. The van der Waals surface area contributed by atoms with E-state index in [1.54, 1.807) is 11.0 Å². The number of benzene rings is 4. The average Bonchev–Trinajstić information content (AvgIpc) is 3.91. The van der Waals surface area contributed by atoms with Gasteiger partial charge in [0.25, 0.3) is 0 Å². The second-order valence-corrected chi connectivity index (χ2v) is 22.2. The van der Waals surface area contributed by atoms with E-state index in [2.05, 4.69) is 63.0 Å². The Morgan fingerprint density at radius 1 is 0.897 bits per heavy atom. The maximum absolute atomic E-state index is 17.4. The molecule has 0 amide bonds. The third-order valence-electron chi connectivity index (χ3n) is 12.0. The first-order valence-corrected chi connectivity index (χ1v) is 22.5. The van der Waals surface area contributed by atoms with Crippen molar-refractivity contribution in [3.8, 4) is 22.7 Å². The lowest BCUT2D eigenvalue weighted by Crippen LogP contribution is -2.43. The molecule has 6 nitrogen and oxygen atoms in total. The first-order chi connectivity index (χ1) is 27.9. The summed E-state index contributed by atoms with van der Waals surface area (Å²) in [4.78, 5) is 19.7. The molecular formula is C47H45ClF3N5OSi. The quantitative estimate of drug-likeness (QED) is 0.0663. The maximum Gasteiger partial charge on any atom is 0.311 e. The molecular weight excluding hydrogens is 771 g/mol. The largest absolute Gasteiger partial charge is 0.379 e. The van der Waals surface area contributed by atoms with Crippen molar-refractivity contribution in [1.82, 2.24) is 15.0 Å². The smallest absolute Gasteiger partial charge is 0.311 e. The predicted molar refractivity (Wildman–Crippen MR) is 232 cm³/mol. The van der Waals surface area contributed by atoms with Gasteiger partial charge in [-0.1, -0.05) is 126 Å². The van der Waals surface area contributed by atoms with Crippen molar-refractivity contribution in [2.24, 2.45) is 10.9 Å². The number of ether oxygens (including phenoxy) is 1. The van der Waals surface area contributed by atoms with Crippen LogP contribution in [0.5, 0.6) is 0 Å². The Morgan fingerprint density at radius 3 is 2.19 bits per heavy atom. The second-order valence-electron chi connectivity index (χ2n) is 16.2. The van der Waals surface area contributed by atoms with Crippen LogP contribution >= 0.6 is 11.6 Å².